The van der Waals surface area contributed by atoms with Crippen molar-refractivity contribution in [2.45, 2.75) is 44.9 Å². The van der Waals surface area contributed by atoms with Crippen molar-refractivity contribution in [2.75, 3.05) is 18.8 Å². The van der Waals surface area contributed by atoms with Crippen molar-refractivity contribution in [3.05, 3.63) is 0 Å². The number of thioether (sulfide) groups is 1. The summed E-state index contributed by atoms with van der Waals surface area (Å²) in [4.78, 5) is 12.1. The van der Waals surface area contributed by atoms with Crippen LogP contribution in [0.1, 0.15) is 33.6 Å². The number of rotatable bonds is 5. The molecule has 0 spiro atoms. The molecule has 102 valence electrons. The van der Waals surface area contributed by atoms with Gasteiger partial charge in [0.05, 0.1) is 5.25 Å². The molecule has 1 rings (SSSR count). The molecule has 0 aromatic rings. The van der Waals surface area contributed by atoms with E-state index in [2.05, 4.69) is 31.4 Å². The fourth-order valence-corrected chi connectivity index (χ4v) is 2.97. The van der Waals surface area contributed by atoms with Gasteiger partial charge in [-0.3, -0.25) is 4.79 Å². The smallest absolute Gasteiger partial charge is 0.233 e. The number of hydrogen-bond donors (Lipinski definition) is 2. The van der Waals surface area contributed by atoms with Crippen LogP contribution in [0.25, 0.3) is 0 Å². The van der Waals surface area contributed by atoms with Gasteiger partial charge in [0.15, 0.2) is 0 Å². The minimum atomic E-state index is 0. The largest absolute Gasteiger partial charge is 0.351 e. The molecule has 1 aliphatic heterocycles. The lowest BCUT2D eigenvalue weighted by Crippen LogP contribution is -2.49. The Hall–Kier alpha value is 0.0700. The fourth-order valence-electron chi connectivity index (χ4n) is 2.01. The molecular weight excluding hydrogens is 256 g/mol. The van der Waals surface area contributed by atoms with E-state index in [1.165, 1.54) is 0 Å². The molecule has 1 aliphatic rings. The van der Waals surface area contributed by atoms with Crippen LogP contribution >= 0.6 is 24.2 Å². The zero-order chi connectivity index (χ0) is 12.0. The molecule has 2 atom stereocenters. The third-order valence-electron chi connectivity index (χ3n) is 2.85. The first-order valence-electron chi connectivity index (χ1n) is 6.27. The average molecular weight is 281 g/mol. The van der Waals surface area contributed by atoms with Crippen molar-refractivity contribution < 1.29 is 4.79 Å². The van der Waals surface area contributed by atoms with Crippen LogP contribution < -0.4 is 10.6 Å². The molecule has 1 unspecified atom stereocenters. The van der Waals surface area contributed by atoms with Crippen LogP contribution in [0, 0.1) is 5.92 Å². The molecule has 1 heterocycles. The average Bonchev–Trinajstić information content (AvgIpc) is 2.26. The van der Waals surface area contributed by atoms with Gasteiger partial charge in [-0.05, 0) is 31.1 Å². The Labute approximate surface area is 115 Å². The van der Waals surface area contributed by atoms with E-state index in [9.17, 15) is 4.79 Å². The summed E-state index contributed by atoms with van der Waals surface area (Å²) < 4.78 is 0. The summed E-state index contributed by atoms with van der Waals surface area (Å²) >= 11 is 1.75. The zero-order valence-electron chi connectivity index (χ0n) is 11.0. The lowest BCUT2D eigenvalue weighted by molar-refractivity contribution is -0.122. The minimum absolute atomic E-state index is 0. The van der Waals surface area contributed by atoms with Crippen LogP contribution in [-0.4, -0.2) is 36.0 Å². The molecule has 3 nitrogen and oxygen atoms in total. The van der Waals surface area contributed by atoms with Crippen LogP contribution in [0.2, 0.25) is 0 Å². The van der Waals surface area contributed by atoms with Gasteiger partial charge < -0.3 is 10.6 Å². The predicted octanol–water partition coefficient (Wildman–Crippen LogP) is 2.05. The highest BCUT2D eigenvalue weighted by molar-refractivity contribution is 8.00. The Morgan fingerprint density at radius 2 is 2.24 bits per heavy atom. The Morgan fingerprint density at radius 1 is 1.53 bits per heavy atom. The van der Waals surface area contributed by atoms with Gasteiger partial charge in [-0.2, -0.15) is 0 Å². The third kappa shape index (κ3) is 5.98. The summed E-state index contributed by atoms with van der Waals surface area (Å²) in [5.41, 5.74) is 0. The molecule has 0 aliphatic carbocycles. The summed E-state index contributed by atoms with van der Waals surface area (Å²) in [6.07, 6.45) is 2.28. The van der Waals surface area contributed by atoms with Crippen LogP contribution in [0.5, 0.6) is 0 Å². The first-order valence-corrected chi connectivity index (χ1v) is 7.32. The van der Waals surface area contributed by atoms with Crippen LogP contribution in [-0.2, 0) is 4.79 Å². The Kier molecular flexibility index (Phi) is 9.10. The number of nitrogens with one attached hydrogen (secondary N) is 2. The van der Waals surface area contributed by atoms with Crippen LogP contribution in [0.4, 0.5) is 0 Å². The van der Waals surface area contributed by atoms with Gasteiger partial charge in [-0.1, -0.05) is 20.8 Å². The molecule has 2 N–H and O–H groups in total. The molecule has 5 heteroatoms. The van der Waals surface area contributed by atoms with Gasteiger partial charge in [-0.15, -0.1) is 24.2 Å². The molecule has 1 amide bonds. The van der Waals surface area contributed by atoms with Gasteiger partial charge in [0.2, 0.25) is 5.91 Å². The third-order valence-corrected chi connectivity index (χ3v) is 4.30. The maximum atomic E-state index is 12.1. The number of hydrogen-bond acceptors (Lipinski definition) is 3. The lowest BCUT2D eigenvalue weighted by Gasteiger charge is -2.27. The highest BCUT2D eigenvalue weighted by Gasteiger charge is 2.24. The summed E-state index contributed by atoms with van der Waals surface area (Å²) in [5.74, 6) is 1.62. The first-order chi connectivity index (χ1) is 7.65. The Morgan fingerprint density at radius 3 is 2.71 bits per heavy atom. The zero-order valence-corrected chi connectivity index (χ0v) is 12.6. The fraction of sp³-hybridized carbons (Fsp3) is 0.917. The molecule has 17 heavy (non-hydrogen) atoms. The Balaban J connectivity index is 0.00000256. The number of piperidine rings is 1. The van der Waals surface area contributed by atoms with Crippen molar-refractivity contribution in [2.24, 2.45) is 5.92 Å². The van der Waals surface area contributed by atoms with Crippen LogP contribution in [0.3, 0.4) is 0 Å². The number of amides is 1. The standard InChI is InChI=1S/C12H24N2OS.ClH/c1-4-16-11(9(2)3)12(15)14-10-6-5-7-13-8-10;/h9-11,13H,4-8H2,1-3H3,(H,14,15);1H/t10-,11?;/m0./s1. The highest BCUT2D eigenvalue weighted by Crippen LogP contribution is 2.19. The van der Waals surface area contributed by atoms with Crippen molar-refractivity contribution in [1.29, 1.82) is 0 Å². The van der Waals surface area contributed by atoms with E-state index >= 15 is 0 Å². The molecular formula is C12H25ClN2OS. The maximum absolute atomic E-state index is 12.1. The topological polar surface area (TPSA) is 41.1 Å². The van der Waals surface area contributed by atoms with Gasteiger partial charge in [-0.25, -0.2) is 0 Å². The van der Waals surface area contributed by atoms with Crippen molar-refractivity contribution in [1.82, 2.24) is 10.6 Å². The second-order valence-electron chi connectivity index (χ2n) is 4.67. The molecule has 0 radical (unpaired) electrons. The van der Waals surface area contributed by atoms with Crippen LogP contribution in [0.15, 0.2) is 0 Å². The van der Waals surface area contributed by atoms with Gasteiger partial charge in [0, 0.05) is 12.6 Å². The van der Waals surface area contributed by atoms with E-state index in [4.69, 9.17) is 0 Å². The second-order valence-corrected chi connectivity index (χ2v) is 6.09. The van der Waals surface area contributed by atoms with Gasteiger partial charge in [0.1, 0.15) is 0 Å². The molecule has 0 bridgehead atoms. The summed E-state index contributed by atoms with van der Waals surface area (Å²) in [6, 6.07) is 0.333. The SMILES string of the molecule is CCSC(C(=O)N[C@H]1CCCNC1)C(C)C.Cl. The summed E-state index contributed by atoms with van der Waals surface area (Å²) in [5, 5.41) is 6.59. The number of carbonyl (C=O) groups excluding carboxylic acids is 1. The molecule has 0 aromatic heterocycles. The quantitative estimate of drug-likeness (QED) is 0.810. The molecule has 1 saturated heterocycles. The Bertz CT molecular complexity index is 221. The maximum Gasteiger partial charge on any atom is 0.233 e. The minimum Gasteiger partial charge on any atom is -0.351 e. The molecule has 0 saturated carbocycles. The van der Waals surface area contributed by atoms with Crippen molar-refractivity contribution in [3.8, 4) is 0 Å². The van der Waals surface area contributed by atoms with E-state index in [0.717, 1.165) is 31.7 Å². The van der Waals surface area contributed by atoms with E-state index in [1.54, 1.807) is 11.8 Å². The normalized spacial score (nSPS) is 21.8. The lowest BCUT2D eigenvalue weighted by atomic mass is 10.1. The molecule has 0 aromatic carbocycles. The van der Waals surface area contributed by atoms with E-state index in [-0.39, 0.29) is 23.6 Å². The van der Waals surface area contributed by atoms with Gasteiger partial charge >= 0.3 is 0 Å². The monoisotopic (exact) mass is 280 g/mol. The molecule has 1 fully saturated rings. The number of carbonyl (C=O) groups is 1. The summed E-state index contributed by atoms with van der Waals surface area (Å²) in [6.45, 7) is 8.35. The summed E-state index contributed by atoms with van der Waals surface area (Å²) in [7, 11) is 0. The first kappa shape index (κ1) is 17.1. The van der Waals surface area contributed by atoms with E-state index in [0.29, 0.717) is 12.0 Å². The second kappa shape index (κ2) is 9.06. The van der Waals surface area contributed by atoms with E-state index in [1.807, 2.05) is 0 Å². The highest BCUT2D eigenvalue weighted by atomic mass is 35.5. The number of halogens is 1. The van der Waals surface area contributed by atoms with Crippen molar-refractivity contribution in [3.63, 3.8) is 0 Å². The van der Waals surface area contributed by atoms with Crippen molar-refractivity contribution >= 4 is 30.1 Å². The predicted molar refractivity (Wildman–Crippen MR) is 78.0 cm³/mol. The van der Waals surface area contributed by atoms with E-state index < -0.39 is 0 Å². The van der Waals surface area contributed by atoms with Gasteiger partial charge in [0.25, 0.3) is 0 Å².